The van der Waals surface area contributed by atoms with Crippen molar-refractivity contribution in [3.05, 3.63) is 84.1 Å². The number of benzene rings is 2. The molecule has 2 aromatic carbocycles. The van der Waals surface area contributed by atoms with Crippen molar-refractivity contribution in [1.82, 2.24) is 3.97 Å². The van der Waals surface area contributed by atoms with Gasteiger partial charge in [-0.2, -0.15) is 0 Å². The first-order valence-electron chi connectivity index (χ1n) is 7.48. The number of fused-ring (bicyclic) bond motifs is 1. The zero-order chi connectivity index (χ0) is 17.3. The van der Waals surface area contributed by atoms with E-state index in [-0.39, 0.29) is 0 Å². The Labute approximate surface area is 141 Å². The summed E-state index contributed by atoms with van der Waals surface area (Å²) in [5.74, 6) is 0. The van der Waals surface area contributed by atoms with Crippen LogP contribution in [0.2, 0.25) is 0 Å². The van der Waals surface area contributed by atoms with Crippen molar-refractivity contribution in [3.63, 3.8) is 0 Å². The van der Waals surface area contributed by atoms with Crippen LogP contribution in [0, 0.1) is 6.92 Å². The summed E-state index contributed by atoms with van der Waals surface area (Å²) in [5.41, 5.74) is 2.52. The van der Waals surface area contributed by atoms with E-state index >= 15 is 0 Å². The first-order chi connectivity index (χ1) is 11.5. The third-order valence-corrected chi connectivity index (χ3v) is 6.01. The van der Waals surface area contributed by atoms with Crippen LogP contribution >= 0.6 is 0 Å². The molecule has 1 heterocycles. The molecule has 0 aliphatic carbocycles. The maximum Gasteiger partial charge on any atom is 0.249 e. The Bertz CT molecular complexity index is 1010. The van der Waals surface area contributed by atoms with Gasteiger partial charge in [-0.25, -0.2) is 12.4 Å². The normalized spacial score (nSPS) is 12.9. The Morgan fingerprint density at radius 3 is 2.38 bits per heavy atom. The van der Waals surface area contributed by atoms with Crippen LogP contribution in [0.5, 0.6) is 0 Å². The van der Waals surface area contributed by atoms with Crippen molar-refractivity contribution in [2.45, 2.75) is 12.2 Å². The van der Waals surface area contributed by atoms with Crippen molar-refractivity contribution in [2.24, 2.45) is 0 Å². The summed E-state index contributed by atoms with van der Waals surface area (Å²) in [6.07, 6.45) is 3.45. The molecule has 0 spiro atoms. The molecule has 1 unspecified atom stereocenters. The average Bonchev–Trinajstić information content (AvgIpc) is 2.97. The molecule has 3 aromatic rings. The Kier molecular flexibility index (Phi) is 4.11. The molecule has 0 N–H and O–H groups in total. The van der Waals surface area contributed by atoms with E-state index in [1.165, 1.54) is 16.2 Å². The lowest BCUT2D eigenvalue weighted by Gasteiger charge is -2.16. The highest BCUT2D eigenvalue weighted by Crippen LogP contribution is 2.30. The first kappa shape index (κ1) is 16.2. The summed E-state index contributed by atoms with van der Waals surface area (Å²) in [6, 6.07) is 14.2. The van der Waals surface area contributed by atoms with Crippen LogP contribution in [-0.2, 0) is 10.0 Å². The second-order valence-electron chi connectivity index (χ2n) is 5.63. The molecular formula is C19H17NO3S. The predicted octanol–water partition coefficient (Wildman–Crippen LogP) is 3.87. The van der Waals surface area contributed by atoms with Gasteiger partial charge >= 0.3 is 0 Å². The fourth-order valence-corrected chi connectivity index (χ4v) is 4.47. The average molecular weight is 339 g/mol. The van der Waals surface area contributed by atoms with Crippen LogP contribution in [0.3, 0.4) is 0 Å². The highest BCUT2D eigenvalue weighted by Gasteiger charge is 2.28. The molecule has 5 heteroatoms. The number of hydrogen-bond donors (Lipinski definition) is 0. The summed E-state index contributed by atoms with van der Waals surface area (Å²) in [6.45, 7) is 5.64. The summed E-state index contributed by atoms with van der Waals surface area (Å²) < 4.78 is 27.5. The number of nitrogens with zero attached hydrogens (tertiary/aromatic N) is 1. The van der Waals surface area contributed by atoms with E-state index < -0.39 is 15.3 Å². The van der Waals surface area contributed by atoms with Gasteiger partial charge in [0.25, 0.3) is 0 Å². The molecule has 0 amide bonds. The number of carbonyl (C=O) groups is 1. The van der Waals surface area contributed by atoms with Crippen LogP contribution in [-0.4, -0.2) is 18.7 Å². The molecule has 122 valence electrons. The minimum absolute atomic E-state index is 0.348. The molecule has 3 rings (SSSR count). The van der Waals surface area contributed by atoms with Crippen LogP contribution in [0.25, 0.3) is 10.9 Å². The van der Waals surface area contributed by atoms with Gasteiger partial charge in [0, 0.05) is 17.1 Å². The highest BCUT2D eigenvalue weighted by atomic mass is 32.2. The van der Waals surface area contributed by atoms with E-state index in [9.17, 15) is 13.2 Å². The minimum atomic E-state index is -3.79. The van der Waals surface area contributed by atoms with Gasteiger partial charge in [0.2, 0.25) is 10.0 Å². The fraction of sp³-hybridized carbons (Fsp3) is 0.105. The SMILES string of the molecule is C=CC(c1ccc(C)cc1)S(=O)(=O)n1cc(C=O)c2ccccc21. The lowest BCUT2D eigenvalue weighted by Crippen LogP contribution is -2.19. The van der Waals surface area contributed by atoms with E-state index in [1.54, 1.807) is 36.4 Å². The second kappa shape index (κ2) is 6.09. The third-order valence-electron chi connectivity index (χ3n) is 4.05. The molecule has 24 heavy (non-hydrogen) atoms. The number of rotatable bonds is 5. The van der Waals surface area contributed by atoms with Crippen molar-refractivity contribution < 1.29 is 13.2 Å². The Hall–Kier alpha value is -2.66. The quantitative estimate of drug-likeness (QED) is 0.524. The highest BCUT2D eigenvalue weighted by molar-refractivity contribution is 7.90. The summed E-state index contributed by atoms with van der Waals surface area (Å²) in [4.78, 5) is 11.3. The zero-order valence-electron chi connectivity index (χ0n) is 13.2. The first-order valence-corrected chi connectivity index (χ1v) is 8.98. The molecule has 1 atom stereocenters. The van der Waals surface area contributed by atoms with Crippen molar-refractivity contribution in [2.75, 3.05) is 0 Å². The van der Waals surface area contributed by atoms with Crippen molar-refractivity contribution >= 4 is 27.2 Å². The Balaban J connectivity index is 2.21. The van der Waals surface area contributed by atoms with E-state index in [0.29, 0.717) is 28.3 Å². The molecule has 4 nitrogen and oxygen atoms in total. The summed E-state index contributed by atoms with van der Waals surface area (Å²) >= 11 is 0. The number of carbonyl (C=O) groups excluding carboxylic acids is 1. The smallest absolute Gasteiger partial charge is 0.249 e. The molecule has 1 aromatic heterocycles. The molecule has 0 saturated carbocycles. The van der Waals surface area contributed by atoms with Gasteiger partial charge in [0.05, 0.1) is 5.52 Å². The lowest BCUT2D eigenvalue weighted by molar-refractivity contribution is 0.112. The predicted molar refractivity (Wildman–Crippen MR) is 95.8 cm³/mol. The third kappa shape index (κ3) is 2.57. The Morgan fingerprint density at radius 2 is 1.75 bits per heavy atom. The van der Waals surface area contributed by atoms with Gasteiger partial charge in [-0.3, -0.25) is 4.79 Å². The van der Waals surface area contributed by atoms with Crippen molar-refractivity contribution in [3.8, 4) is 0 Å². The maximum atomic E-state index is 13.2. The van der Waals surface area contributed by atoms with Gasteiger partial charge in [-0.05, 0) is 18.6 Å². The zero-order valence-corrected chi connectivity index (χ0v) is 14.0. The fourth-order valence-electron chi connectivity index (χ4n) is 2.79. The number of aldehydes is 1. The van der Waals surface area contributed by atoms with Gasteiger partial charge in [-0.1, -0.05) is 54.1 Å². The molecule has 0 aliphatic heterocycles. The number of aryl methyl sites for hydroxylation is 1. The summed E-state index contributed by atoms with van der Waals surface area (Å²) in [7, 11) is -3.79. The topological polar surface area (TPSA) is 56.1 Å². The van der Waals surface area contributed by atoms with E-state index in [1.807, 2.05) is 19.1 Å². The summed E-state index contributed by atoms with van der Waals surface area (Å²) in [5, 5.41) is -0.281. The number of aromatic nitrogens is 1. The van der Waals surface area contributed by atoms with Gasteiger partial charge < -0.3 is 0 Å². The second-order valence-corrected chi connectivity index (χ2v) is 7.56. The van der Waals surface area contributed by atoms with Gasteiger partial charge in [0.1, 0.15) is 5.25 Å². The minimum Gasteiger partial charge on any atom is -0.298 e. The van der Waals surface area contributed by atoms with Crippen LogP contribution in [0.15, 0.2) is 67.4 Å². The molecule has 0 aliphatic rings. The monoisotopic (exact) mass is 339 g/mol. The van der Waals surface area contributed by atoms with E-state index in [4.69, 9.17) is 0 Å². The van der Waals surface area contributed by atoms with E-state index in [2.05, 4.69) is 6.58 Å². The lowest BCUT2D eigenvalue weighted by atomic mass is 10.1. The van der Waals surface area contributed by atoms with Gasteiger partial charge in [-0.15, -0.1) is 6.58 Å². The molecule has 0 radical (unpaired) electrons. The van der Waals surface area contributed by atoms with Crippen LogP contribution in [0.4, 0.5) is 0 Å². The maximum absolute atomic E-state index is 13.2. The van der Waals surface area contributed by atoms with Crippen LogP contribution < -0.4 is 0 Å². The molecular weight excluding hydrogens is 322 g/mol. The molecule has 0 fully saturated rings. The molecule has 0 saturated heterocycles. The Morgan fingerprint density at radius 1 is 1.08 bits per heavy atom. The standard InChI is InChI=1S/C19H17NO3S/c1-3-19(15-10-8-14(2)9-11-15)24(22,23)20-12-16(13-21)17-6-4-5-7-18(17)20/h3-13,19H,1H2,2H3. The van der Waals surface area contributed by atoms with Gasteiger partial charge in [0.15, 0.2) is 6.29 Å². The largest absolute Gasteiger partial charge is 0.298 e. The molecule has 0 bridgehead atoms. The van der Waals surface area contributed by atoms with Crippen LogP contribution in [0.1, 0.15) is 26.7 Å². The van der Waals surface area contributed by atoms with Crippen molar-refractivity contribution in [1.29, 1.82) is 0 Å². The number of para-hydroxylation sites is 1. The number of hydrogen-bond acceptors (Lipinski definition) is 3. The van der Waals surface area contributed by atoms with E-state index in [0.717, 1.165) is 5.56 Å².